The van der Waals surface area contributed by atoms with Crippen molar-refractivity contribution in [2.24, 2.45) is 5.92 Å². The van der Waals surface area contributed by atoms with E-state index >= 15 is 0 Å². The summed E-state index contributed by atoms with van der Waals surface area (Å²) in [5.41, 5.74) is 0. The maximum Gasteiger partial charge on any atom is 0.140 e. The minimum absolute atomic E-state index is 0.654. The van der Waals surface area contributed by atoms with Gasteiger partial charge in [-0.15, -0.1) is 0 Å². The van der Waals surface area contributed by atoms with Crippen LogP contribution in [0.4, 0.5) is 5.82 Å². The van der Waals surface area contributed by atoms with Gasteiger partial charge < -0.3 is 5.32 Å². The van der Waals surface area contributed by atoms with Crippen LogP contribution in [0.2, 0.25) is 5.02 Å². The fourth-order valence-corrected chi connectivity index (χ4v) is 2.56. The number of hydrogen-bond donors (Lipinski definition) is 1. The molecule has 0 radical (unpaired) electrons. The lowest BCUT2D eigenvalue weighted by Crippen LogP contribution is -2.03. The number of hydrogen-bond acceptors (Lipinski definition) is 2. The molecule has 0 aliphatic rings. The van der Waals surface area contributed by atoms with Gasteiger partial charge in [-0.2, -0.15) is 0 Å². The summed E-state index contributed by atoms with van der Waals surface area (Å²) < 4.78 is 0.926. The Morgan fingerprint density at radius 2 is 2.00 bits per heavy atom. The van der Waals surface area contributed by atoms with E-state index in [1.54, 1.807) is 6.20 Å². The number of unbranched alkanes of at least 4 members (excludes halogenated alkanes) is 3. The van der Waals surface area contributed by atoms with E-state index in [1.807, 2.05) is 6.07 Å². The van der Waals surface area contributed by atoms with Gasteiger partial charge in [0.1, 0.15) is 5.82 Å². The maximum atomic E-state index is 5.84. The molecule has 1 N–H and O–H groups in total. The van der Waals surface area contributed by atoms with Crippen LogP contribution in [0.1, 0.15) is 46.0 Å². The molecule has 0 fully saturated rings. The van der Waals surface area contributed by atoms with Crippen molar-refractivity contribution in [3.63, 3.8) is 0 Å². The Labute approximate surface area is 124 Å². The number of rotatable bonds is 8. The molecule has 0 aromatic carbocycles. The zero-order valence-corrected chi connectivity index (χ0v) is 13.5. The van der Waals surface area contributed by atoms with Crippen molar-refractivity contribution in [3.05, 3.63) is 21.8 Å². The molecule has 1 heterocycles. The van der Waals surface area contributed by atoms with Crippen LogP contribution in [0, 0.1) is 5.92 Å². The van der Waals surface area contributed by atoms with E-state index in [-0.39, 0.29) is 0 Å². The van der Waals surface area contributed by atoms with E-state index in [0.29, 0.717) is 5.02 Å². The van der Waals surface area contributed by atoms with Crippen molar-refractivity contribution in [1.82, 2.24) is 4.98 Å². The van der Waals surface area contributed by atoms with E-state index in [2.05, 4.69) is 40.1 Å². The molecule has 2 nitrogen and oxygen atoms in total. The molecule has 0 unspecified atom stereocenters. The second-order valence-electron chi connectivity index (χ2n) is 5.01. The zero-order chi connectivity index (χ0) is 13.4. The molecular formula is C14H22BrClN2. The highest BCUT2D eigenvalue weighted by Crippen LogP contribution is 2.23. The van der Waals surface area contributed by atoms with Crippen LogP contribution in [-0.2, 0) is 0 Å². The highest BCUT2D eigenvalue weighted by atomic mass is 79.9. The van der Waals surface area contributed by atoms with Crippen molar-refractivity contribution in [2.45, 2.75) is 46.0 Å². The third-order valence-electron chi connectivity index (χ3n) is 2.81. The van der Waals surface area contributed by atoms with Gasteiger partial charge in [0.25, 0.3) is 0 Å². The van der Waals surface area contributed by atoms with Crippen molar-refractivity contribution in [2.75, 3.05) is 11.9 Å². The first-order valence-electron chi connectivity index (χ1n) is 6.64. The molecule has 102 valence electrons. The van der Waals surface area contributed by atoms with Crippen molar-refractivity contribution >= 4 is 33.3 Å². The van der Waals surface area contributed by atoms with Gasteiger partial charge in [-0.05, 0) is 34.3 Å². The Bertz CT molecular complexity index is 356. The Morgan fingerprint density at radius 1 is 1.28 bits per heavy atom. The summed E-state index contributed by atoms with van der Waals surface area (Å²) in [6.45, 7) is 5.53. The lowest BCUT2D eigenvalue weighted by molar-refractivity contribution is 0.523. The molecule has 0 atom stereocenters. The summed E-state index contributed by atoms with van der Waals surface area (Å²) in [5.74, 6) is 1.71. The predicted octanol–water partition coefficient (Wildman–Crippen LogP) is 5.52. The first-order valence-corrected chi connectivity index (χ1v) is 7.81. The minimum atomic E-state index is 0.654. The molecule has 18 heavy (non-hydrogen) atoms. The largest absolute Gasteiger partial charge is 0.369 e. The van der Waals surface area contributed by atoms with Crippen LogP contribution >= 0.6 is 27.5 Å². The summed E-state index contributed by atoms with van der Waals surface area (Å²) in [5, 5.41) is 3.98. The van der Waals surface area contributed by atoms with Gasteiger partial charge in [0, 0.05) is 12.7 Å². The van der Waals surface area contributed by atoms with E-state index in [9.17, 15) is 0 Å². The van der Waals surface area contributed by atoms with Crippen LogP contribution in [-0.4, -0.2) is 11.5 Å². The van der Waals surface area contributed by atoms with E-state index in [1.165, 1.54) is 32.1 Å². The van der Waals surface area contributed by atoms with E-state index < -0.39 is 0 Å². The topological polar surface area (TPSA) is 24.9 Å². The Balaban J connectivity index is 2.11. The number of pyridine rings is 1. The Hall–Kier alpha value is -0.280. The van der Waals surface area contributed by atoms with Crippen molar-refractivity contribution in [1.29, 1.82) is 0 Å². The average molecular weight is 334 g/mol. The third kappa shape index (κ3) is 6.60. The number of nitrogens with one attached hydrogen (secondary N) is 1. The van der Waals surface area contributed by atoms with Crippen molar-refractivity contribution < 1.29 is 0 Å². The van der Waals surface area contributed by atoms with E-state index in [0.717, 1.165) is 22.8 Å². The Morgan fingerprint density at radius 3 is 2.67 bits per heavy atom. The van der Waals surface area contributed by atoms with Gasteiger partial charge in [-0.1, -0.05) is 51.1 Å². The van der Waals surface area contributed by atoms with Gasteiger partial charge >= 0.3 is 0 Å². The fourth-order valence-electron chi connectivity index (χ4n) is 1.78. The number of nitrogens with zero attached hydrogens (tertiary/aromatic N) is 1. The summed E-state index contributed by atoms with van der Waals surface area (Å²) in [7, 11) is 0. The van der Waals surface area contributed by atoms with Gasteiger partial charge in [0.2, 0.25) is 0 Å². The van der Waals surface area contributed by atoms with Gasteiger partial charge in [0.15, 0.2) is 0 Å². The first kappa shape index (κ1) is 15.8. The standard InChI is InChI=1S/C14H22BrClN2/c1-11(2)7-5-3-4-6-8-17-14-13(15)9-12(16)10-18-14/h9-11H,3-8H2,1-2H3,(H,17,18). The molecular weight excluding hydrogens is 312 g/mol. The number of anilines is 1. The first-order chi connectivity index (χ1) is 8.59. The van der Waals surface area contributed by atoms with Crippen LogP contribution in [0.25, 0.3) is 0 Å². The summed E-state index contributed by atoms with van der Waals surface area (Å²) in [6, 6.07) is 1.86. The van der Waals surface area contributed by atoms with Gasteiger partial charge in [0.05, 0.1) is 9.50 Å². The molecule has 0 aliphatic heterocycles. The molecule has 1 aromatic rings. The van der Waals surface area contributed by atoms with Gasteiger partial charge in [-0.3, -0.25) is 0 Å². The molecule has 0 aliphatic carbocycles. The minimum Gasteiger partial charge on any atom is -0.369 e. The lowest BCUT2D eigenvalue weighted by Gasteiger charge is -2.08. The smallest absolute Gasteiger partial charge is 0.140 e. The summed E-state index contributed by atoms with van der Waals surface area (Å²) in [4.78, 5) is 4.25. The lowest BCUT2D eigenvalue weighted by atomic mass is 10.0. The summed E-state index contributed by atoms with van der Waals surface area (Å²) in [6.07, 6.45) is 8.16. The molecule has 0 saturated heterocycles. The van der Waals surface area contributed by atoms with Crippen LogP contribution in [0.5, 0.6) is 0 Å². The zero-order valence-electron chi connectivity index (χ0n) is 11.2. The predicted molar refractivity (Wildman–Crippen MR) is 83.4 cm³/mol. The van der Waals surface area contributed by atoms with E-state index in [4.69, 9.17) is 11.6 Å². The molecule has 1 rings (SSSR count). The van der Waals surface area contributed by atoms with Crippen LogP contribution in [0.3, 0.4) is 0 Å². The van der Waals surface area contributed by atoms with Gasteiger partial charge in [-0.25, -0.2) is 4.98 Å². The highest BCUT2D eigenvalue weighted by molar-refractivity contribution is 9.10. The van der Waals surface area contributed by atoms with Crippen molar-refractivity contribution in [3.8, 4) is 0 Å². The van der Waals surface area contributed by atoms with Crippen LogP contribution in [0.15, 0.2) is 16.7 Å². The second kappa shape index (κ2) is 8.76. The fraction of sp³-hybridized carbons (Fsp3) is 0.643. The monoisotopic (exact) mass is 332 g/mol. The molecule has 4 heteroatoms. The quantitative estimate of drug-likeness (QED) is 0.634. The highest BCUT2D eigenvalue weighted by Gasteiger charge is 2.01. The third-order valence-corrected chi connectivity index (χ3v) is 3.62. The molecule has 0 amide bonds. The molecule has 0 spiro atoms. The molecule has 1 aromatic heterocycles. The Kier molecular flexibility index (Phi) is 7.68. The SMILES string of the molecule is CC(C)CCCCCCNc1ncc(Cl)cc1Br. The maximum absolute atomic E-state index is 5.84. The number of halogens is 2. The average Bonchev–Trinajstić information content (AvgIpc) is 2.30. The van der Waals surface area contributed by atoms with Crippen LogP contribution < -0.4 is 5.32 Å². The normalized spacial score (nSPS) is 10.9. The molecule has 0 bridgehead atoms. The summed E-state index contributed by atoms with van der Waals surface area (Å²) >= 11 is 9.29. The second-order valence-corrected chi connectivity index (χ2v) is 6.30. The number of aromatic nitrogens is 1. The molecule has 0 saturated carbocycles.